The van der Waals surface area contributed by atoms with E-state index in [1.807, 2.05) is 12.1 Å². The van der Waals surface area contributed by atoms with Crippen molar-refractivity contribution >= 4 is 5.97 Å². The predicted octanol–water partition coefficient (Wildman–Crippen LogP) is 2.14. The van der Waals surface area contributed by atoms with Crippen LogP contribution in [0, 0.1) is 5.92 Å². The minimum Gasteiger partial charge on any atom is -0.493 e. The van der Waals surface area contributed by atoms with E-state index in [9.17, 15) is 4.79 Å². The molecule has 1 atom stereocenters. The standard InChI is InChI=1S/C18H25NO4/c1-13(2)10-19-6-8-21-16(11-19)12-23-18(20)15-3-4-17-14(9-15)5-7-22-17/h3-4,9,13,16H,5-8,10-12H2,1-2H3. The Morgan fingerprint density at radius 3 is 3.09 bits per heavy atom. The summed E-state index contributed by atoms with van der Waals surface area (Å²) in [6, 6.07) is 5.48. The lowest BCUT2D eigenvalue weighted by molar-refractivity contribution is -0.0612. The molecule has 2 heterocycles. The fourth-order valence-corrected chi connectivity index (χ4v) is 3.13. The number of ether oxygens (including phenoxy) is 3. The first kappa shape index (κ1) is 16.3. The number of fused-ring (bicyclic) bond motifs is 1. The summed E-state index contributed by atoms with van der Waals surface area (Å²) >= 11 is 0. The quantitative estimate of drug-likeness (QED) is 0.778. The zero-order valence-corrected chi connectivity index (χ0v) is 13.9. The SMILES string of the molecule is CC(C)CN1CCOC(COC(=O)c2ccc3c(c2)CCO3)C1. The van der Waals surface area contributed by atoms with Crippen molar-refractivity contribution < 1.29 is 19.0 Å². The van der Waals surface area contributed by atoms with Crippen LogP contribution in [0.1, 0.15) is 29.8 Å². The molecule has 0 aliphatic carbocycles. The predicted molar refractivity (Wildman–Crippen MR) is 86.9 cm³/mol. The Balaban J connectivity index is 1.50. The van der Waals surface area contributed by atoms with Crippen LogP contribution in [0.25, 0.3) is 0 Å². The Bertz CT molecular complexity index is 558. The van der Waals surface area contributed by atoms with Gasteiger partial charge in [0.25, 0.3) is 0 Å². The van der Waals surface area contributed by atoms with Gasteiger partial charge in [0, 0.05) is 26.1 Å². The Morgan fingerprint density at radius 1 is 1.39 bits per heavy atom. The second-order valence-corrected chi connectivity index (χ2v) is 6.67. The average Bonchev–Trinajstić information content (AvgIpc) is 3.00. The van der Waals surface area contributed by atoms with E-state index in [0.717, 1.165) is 37.4 Å². The fourth-order valence-electron chi connectivity index (χ4n) is 3.13. The molecule has 3 rings (SSSR count). The van der Waals surface area contributed by atoms with E-state index in [4.69, 9.17) is 14.2 Å². The van der Waals surface area contributed by atoms with Crippen LogP contribution in [-0.4, -0.2) is 56.4 Å². The Hall–Kier alpha value is -1.59. The van der Waals surface area contributed by atoms with Crippen LogP contribution in [0.15, 0.2) is 18.2 Å². The number of nitrogens with zero attached hydrogens (tertiary/aromatic N) is 1. The summed E-state index contributed by atoms with van der Waals surface area (Å²) in [6.07, 6.45) is 0.816. The number of carbonyl (C=O) groups excluding carboxylic acids is 1. The van der Waals surface area contributed by atoms with Crippen molar-refractivity contribution in [1.82, 2.24) is 4.90 Å². The largest absolute Gasteiger partial charge is 0.493 e. The van der Waals surface area contributed by atoms with Crippen molar-refractivity contribution in [2.45, 2.75) is 26.4 Å². The Labute approximate surface area is 137 Å². The molecule has 5 nitrogen and oxygen atoms in total. The highest BCUT2D eigenvalue weighted by Gasteiger charge is 2.23. The van der Waals surface area contributed by atoms with Gasteiger partial charge < -0.3 is 14.2 Å². The molecule has 0 bridgehead atoms. The third kappa shape index (κ3) is 4.24. The molecule has 1 unspecified atom stereocenters. The third-order valence-electron chi connectivity index (χ3n) is 4.17. The maximum atomic E-state index is 12.2. The van der Waals surface area contributed by atoms with Crippen LogP contribution < -0.4 is 4.74 Å². The second-order valence-electron chi connectivity index (χ2n) is 6.67. The maximum absolute atomic E-state index is 12.2. The smallest absolute Gasteiger partial charge is 0.338 e. The van der Waals surface area contributed by atoms with E-state index < -0.39 is 0 Å². The molecular formula is C18H25NO4. The molecule has 0 aromatic heterocycles. The number of rotatable bonds is 5. The molecule has 1 fully saturated rings. The molecule has 23 heavy (non-hydrogen) atoms. The molecule has 0 saturated carbocycles. The molecule has 0 spiro atoms. The lowest BCUT2D eigenvalue weighted by Crippen LogP contribution is -2.45. The van der Waals surface area contributed by atoms with Gasteiger partial charge >= 0.3 is 5.97 Å². The van der Waals surface area contributed by atoms with Gasteiger partial charge in [-0.1, -0.05) is 13.8 Å². The van der Waals surface area contributed by atoms with Crippen LogP contribution in [0.4, 0.5) is 0 Å². The van der Waals surface area contributed by atoms with E-state index in [-0.39, 0.29) is 12.1 Å². The van der Waals surface area contributed by atoms with Crippen molar-refractivity contribution in [3.63, 3.8) is 0 Å². The summed E-state index contributed by atoms with van der Waals surface area (Å²) in [5.41, 5.74) is 1.67. The molecule has 126 valence electrons. The van der Waals surface area contributed by atoms with E-state index in [1.54, 1.807) is 6.07 Å². The highest BCUT2D eigenvalue weighted by atomic mass is 16.6. The minimum atomic E-state index is -0.288. The van der Waals surface area contributed by atoms with E-state index in [1.165, 1.54) is 0 Å². The van der Waals surface area contributed by atoms with Gasteiger partial charge in [-0.2, -0.15) is 0 Å². The molecule has 0 N–H and O–H groups in total. The van der Waals surface area contributed by atoms with Gasteiger partial charge in [-0.3, -0.25) is 4.90 Å². The van der Waals surface area contributed by atoms with Crippen molar-refractivity contribution in [1.29, 1.82) is 0 Å². The number of esters is 1. The van der Waals surface area contributed by atoms with Gasteiger partial charge in [-0.05, 0) is 29.7 Å². The molecule has 1 aromatic carbocycles. The lowest BCUT2D eigenvalue weighted by Gasteiger charge is -2.33. The van der Waals surface area contributed by atoms with Gasteiger partial charge in [-0.25, -0.2) is 4.79 Å². The second kappa shape index (κ2) is 7.32. The molecule has 2 aliphatic rings. The van der Waals surface area contributed by atoms with E-state index in [2.05, 4.69) is 18.7 Å². The number of benzene rings is 1. The zero-order valence-electron chi connectivity index (χ0n) is 13.9. The summed E-state index contributed by atoms with van der Waals surface area (Å²) in [6.45, 7) is 8.95. The summed E-state index contributed by atoms with van der Waals surface area (Å²) in [7, 11) is 0. The molecule has 0 amide bonds. The molecule has 1 aromatic rings. The fraction of sp³-hybridized carbons (Fsp3) is 0.611. The van der Waals surface area contributed by atoms with Gasteiger partial charge in [0.15, 0.2) is 0 Å². The lowest BCUT2D eigenvalue weighted by atomic mass is 10.1. The van der Waals surface area contributed by atoms with Gasteiger partial charge in [-0.15, -0.1) is 0 Å². The summed E-state index contributed by atoms with van der Waals surface area (Å²) < 4.78 is 16.6. The van der Waals surface area contributed by atoms with Gasteiger partial charge in [0.2, 0.25) is 0 Å². The van der Waals surface area contributed by atoms with Crippen LogP contribution in [-0.2, 0) is 15.9 Å². The summed E-state index contributed by atoms with van der Waals surface area (Å²) in [4.78, 5) is 14.6. The highest BCUT2D eigenvalue weighted by molar-refractivity contribution is 5.90. The van der Waals surface area contributed by atoms with Crippen molar-refractivity contribution in [2.24, 2.45) is 5.92 Å². The van der Waals surface area contributed by atoms with Gasteiger partial charge in [0.1, 0.15) is 18.5 Å². The molecule has 1 saturated heterocycles. The van der Waals surface area contributed by atoms with Crippen molar-refractivity contribution in [3.05, 3.63) is 29.3 Å². The first-order valence-electron chi connectivity index (χ1n) is 8.38. The first-order valence-corrected chi connectivity index (χ1v) is 8.38. The van der Waals surface area contributed by atoms with Crippen LogP contribution in [0.2, 0.25) is 0 Å². The summed E-state index contributed by atoms with van der Waals surface area (Å²) in [5, 5.41) is 0. The Morgan fingerprint density at radius 2 is 2.26 bits per heavy atom. The van der Waals surface area contributed by atoms with Crippen molar-refractivity contribution in [2.75, 3.05) is 39.5 Å². The number of morpholine rings is 1. The number of carbonyl (C=O) groups is 1. The molecule has 2 aliphatic heterocycles. The molecule has 5 heteroatoms. The highest BCUT2D eigenvalue weighted by Crippen LogP contribution is 2.26. The van der Waals surface area contributed by atoms with E-state index >= 15 is 0 Å². The number of hydrogen-bond acceptors (Lipinski definition) is 5. The first-order chi connectivity index (χ1) is 11.1. The average molecular weight is 319 g/mol. The zero-order chi connectivity index (χ0) is 16.2. The Kier molecular flexibility index (Phi) is 5.18. The minimum absolute atomic E-state index is 0.0378. The third-order valence-corrected chi connectivity index (χ3v) is 4.17. The molecule has 0 radical (unpaired) electrons. The van der Waals surface area contributed by atoms with Crippen LogP contribution >= 0.6 is 0 Å². The summed E-state index contributed by atoms with van der Waals surface area (Å²) in [5.74, 6) is 1.22. The number of hydrogen-bond donors (Lipinski definition) is 0. The topological polar surface area (TPSA) is 48.0 Å². The molecular weight excluding hydrogens is 294 g/mol. The van der Waals surface area contributed by atoms with Crippen LogP contribution in [0.3, 0.4) is 0 Å². The van der Waals surface area contributed by atoms with Gasteiger partial charge in [0.05, 0.1) is 18.8 Å². The van der Waals surface area contributed by atoms with E-state index in [0.29, 0.717) is 31.3 Å². The monoisotopic (exact) mass is 319 g/mol. The normalized spacial score (nSPS) is 21.1. The van der Waals surface area contributed by atoms with Crippen molar-refractivity contribution in [3.8, 4) is 5.75 Å². The van der Waals surface area contributed by atoms with Crippen LogP contribution in [0.5, 0.6) is 5.75 Å². The maximum Gasteiger partial charge on any atom is 0.338 e.